The number of benzene rings is 1. The second-order valence-corrected chi connectivity index (χ2v) is 19.8. The molecule has 73 heavy (non-hydrogen) atoms. The number of hydrogen-bond acceptors (Lipinski definition) is 17. The fourth-order valence-electron chi connectivity index (χ4n) is 9.94. The molecule has 4 amide bonds. The number of nitrogens with zero attached hydrogens (tertiary/aromatic N) is 2. The lowest BCUT2D eigenvalue weighted by Gasteiger charge is -2.44. The summed E-state index contributed by atoms with van der Waals surface area (Å²) in [5.74, 6) is -6.05. The molecule has 0 aliphatic carbocycles. The van der Waals surface area contributed by atoms with Gasteiger partial charge in [0.1, 0.15) is 12.1 Å². The third-order valence-corrected chi connectivity index (χ3v) is 13.8. The maximum atomic E-state index is 14.5. The van der Waals surface area contributed by atoms with Crippen molar-refractivity contribution in [1.29, 1.82) is 0 Å². The molecule has 2 aliphatic heterocycles. The van der Waals surface area contributed by atoms with E-state index >= 15 is 0 Å². The molecule has 1 aromatic rings. The molecular formula is C52H83N5O16. The van der Waals surface area contributed by atoms with Crippen LogP contribution in [0.15, 0.2) is 30.3 Å². The summed E-state index contributed by atoms with van der Waals surface area (Å²) in [6.07, 6.45) is -9.01. The number of methoxy groups -OCH3 is 3. The minimum Gasteiger partial charge on any atom is -0.467 e. The third kappa shape index (κ3) is 16.4. The number of esters is 4. The Kier molecular flexibility index (Phi) is 24.7. The van der Waals surface area contributed by atoms with Crippen LogP contribution in [0.25, 0.3) is 0 Å². The summed E-state index contributed by atoms with van der Waals surface area (Å²) in [5, 5.41) is 9.04. The Labute approximate surface area is 431 Å². The van der Waals surface area contributed by atoms with Gasteiger partial charge in [-0.3, -0.25) is 33.6 Å². The monoisotopic (exact) mass is 1030 g/mol. The molecule has 2 aliphatic rings. The van der Waals surface area contributed by atoms with Gasteiger partial charge in [0, 0.05) is 48.6 Å². The molecule has 3 rings (SSSR count). The third-order valence-electron chi connectivity index (χ3n) is 13.8. The van der Waals surface area contributed by atoms with E-state index in [4.69, 9.17) is 37.9 Å². The van der Waals surface area contributed by atoms with Crippen LogP contribution < -0.4 is 16.0 Å². The Bertz CT molecular complexity index is 2010. The van der Waals surface area contributed by atoms with Gasteiger partial charge in [-0.25, -0.2) is 4.79 Å². The molecule has 0 spiro atoms. The molecule has 0 saturated carbocycles. The zero-order valence-corrected chi connectivity index (χ0v) is 45.7. The Balaban J connectivity index is 1.92. The van der Waals surface area contributed by atoms with Crippen LogP contribution in [-0.4, -0.2) is 172 Å². The van der Waals surface area contributed by atoms with E-state index in [-0.39, 0.29) is 41.9 Å². The Hall–Kier alpha value is -5.22. The summed E-state index contributed by atoms with van der Waals surface area (Å²) in [5.41, 5.74) is 0.526. The van der Waals surface area contributed by atoms with Crippen molar-refractivity contribution in [3.8, 4) is 0 Å². The number of likely N-dealkylation sites (tertiary alicyclic amines) is 1. The number of ether oxygens (including phenoxy) is 8. The van der Waals surface area contributed by atoms with Crippen LogP contribution in [-0.2, 0) is 76.3 Å². The molecule has 412 valence electrons. The molecule has 0 aromatic heterocycles. The number of amides is 4. The van der Waals surface area contributed by atoms with Crippen molar-refractivity contribution in [2.45, 2.75) is 181 Å². The number of carbonyl (C=O) groups is 8. The van der Waals surface area contributed by atoms with Crippen LogP contribution in [0.3, 0.4) is 0 Å². The molecule has 0 radical (unpaired) electrons. The average molecular weight is 1030 g/mol. The molecular weight excluding hydrogens is 951 g/mol. The van der Waals surface area contributed by atoms with Gasteiger partial charge in [0.05, 0.1) is 55.8 Å². The van der Waals surface area contributed by atoms with E-state index in [0.29, 0.717) is 31.4 Å². The first-order valence-corrected chi connectivity index (χ1v) is 25.2. The lowest BCUT2D eigenvalue weighted by Crippen LogP contribution is -2.64. The van der Waals surface area contributed by atoms with E-state index in [9.17, 15) is 38.4 Å². The number of rotatable bonds is 26. The molecule has 15 atom stereocenters. The second-order valence-electron chi connectivity index (χ2n) is 19.8. The summed E-state index contributed by atoms with van der Waals surface area (Å²) in [6, 6.07) is 5.42. The SMILES string of the molecule is CC[C@H](C)[C@@H]([C@@H](CC(=O)N1CCC[C@H]1[C@H](OC)[C@@H](C)C(=O)N[C@H](C)[C@@H](OC1OC(C(=O)OC)C(OC(C)=O)C(OC(C)=O)C1OC(C)=O)c1ccccc1)OC)N(C)C(=O)[C@@H](NC(=O)[C@@H](NC)C(C)C)C(C)C. The summed E-state index contributed by atoms with van der Waals surface area (Å²) < 4.78 is 46.2. The van der Waals surface area contributed by atoms with Crippen LogP contribution >= 0.6 is 0 Å². The van der Waals surface area contributed by atoms with E-state index < -0.39 is 115 Å². The Morgan fingerprint density at radius 2 is 1.34 bits per heavy atom. The minimum absolute atomic E-state index is 0.0183. The quantitative estimate of drug-likeness (QED) is 0.0890. The molecule has 21 nitrogen and oxygen atoms in total. The van der Waals surface area contributed by atoms with Crippen LogP contribution in [0.2, 0.25) is 0 Å². The van der Waals surface area contributed by atoms with Gasteiger partial charge in [0.25, 0.3) is 0 Å². The summed E-state index contributed by atoms with van der Waals surface area (Å²) in [4.78, 5) is 110. The highest BCUT2D eigenvalue weighted by Crippen LogP contribution is 2.35. The van der Waals surface area contributed by atoms with Gasteiger partial charge in [-0.2, -0.15) is 0 Å². The normalized spacial score (nSPS) is 23.6. The van der Waals surface area contributed by atoms with Crippen molar-refractivity contribution in [1.82, 2.24) is 25.8 Å². The smallest absolute Gasteiger partial charge is 0.339 e. The number of nitrogens with one attached hydrogen (secondary N) is 3. The molecule has 2 saturated heterocycles. The van der Waals surface area contributed by atoms with Gasteiger partial charge in [-0.15, -0.1) is 0 Å². The lowest BCUT2D eigenvalue weighted by molar-refractivity contribution is -0.312. The summed E-state index contributed by atoms with van der Waals surface area (Å²) in [7, 11) is 7.46. The van der Waals surface area contributed by atoms with E-state index in [1.807, 2.05) is 41.5 Å². The van der Waals surface area contributed by atoms with Crippen molar-refractivity contribution in [3.05, 3.63) is 35.9 Å². The maximum absolute atomic E-state index is 14.5. The molecule has 5 unspecified atom stereocenters. The highest BCUT2D eigenvalue weighted by atomic mass is 16.7. The predicted molar refractivity (Wildman–Crippen MR) is 266 cm³/mol. The van der Waals surface area contributed by atoms with Crippen molar-refractivity contribution >= 4 is 47.5 Å². The number of likely N-dealkylation sites (N-methyl/N-ethyl adjacent to an activating group) is 2. The molecule has 0 bridgehead atoms. The number of carbonyl (C=O) groups excluding carboxylic acids is 8. The van der Waals surface area contributed by atoms with Gasteiger partial charge in [-0.1, -0.05) is 85.2 Å². The topological polar surface area (TPSA) is 253 Å². The van der Waals surface area contributed by atoms with E-state index in [0.717, 1.165) is 27.9 Å². The zero-order chi connectivity index (χ0) is 55.0. The average Bonchev–Trinajstić information content (AvgIpc) is 3.82. The van der Waals surface area contributed by atoms with E-state index in [2.05, 4.69) is 16.0 Å². The predicted octanol–water partition coefficient (Wildman–Crippen LogP) is 3.25. The van der Waals surface area contributed by atoms with Crippen molar-refractivity contribution in [2.24, 2.45) is 23.7 Å². The highest BCUT2D eigenvalue weighted by molar-refractivity contribution is 5.90. The van der Waals surface area contributed by atoms with Gasteiger partial charge in [0.2, 0.25) is 29.9 Å². The van der Waals surface area contributed by atoms with E-state index in [1.54, 1.807) is 68.1 Å². The van der Waals surface area contributed by atoms with Crippen molar-refractivity contribution < 1.29 is 76.3 Å². The van der Waals surface area contributed by atoms with Crippen LogP contribution in [0.4, 0.5) is 0 Å². The second kappa shape index (κ2) is 29.0. The van der Waals surface area contributed by atoms with Crippen LogP contribution in [0.1, 0.15) is 114 Å². The van der Waals surface area contributed by atoms with Crippen LogP contribution in [0, 0.1) is 23.7 Å². The van der Waals surface area contributed by atoms with Gasteiger partial charge >= 0.3 is 23.9 Å². The van der Waals surface area contributed by atoms with Gasteiger partial charge in [0.15, 0.2) is 24.4 Å². The molecule has 2 heterocycles. The zero-order valence-electron chi connectivity index (χ0n) is 45.7. The maximum Gasteiger partial charge on any atom is 0.339 e. The fourth-order valence-corrected chi connectivity index (χ4v) is 9.94. The van der Waals surface area contributed by atoms with Crippen molar-refractivity contribution in [3.63, 3.8) is 0 Å². The summed E-state index contributed by atoms with van der Waals surface area (Å²) in [6.45, 7) is 18.6. The van der Waals surface area contributed by atoms with Gasteiger partial charge in [-0.05, 0) is 50.1 Å². The Morgan fingerprint density at radius 3 is 1.85 bits per heavy atom. The largest absolute Gasteiger partial charge is 0.467 e. The molecule has 3 N–H and O–H groups in total. The molecule has 1 aromatic carbocycles. The van der Waals surface area contributed by atoms with Gasteiger partial charge < -0.3 is 63.6 Å². The first kappa shape index (κ1) is 62.1. The first-order chi connectivity index (χ1) is 34.4. The minimum atomic E-state index is -1.71. The van der Waals surface area contributed by atoms with E-state index in [1.165, 1.54) is 14.2 Å². The van der Waals surface area contributed by atoms with Crippen LogP contribution in [0.5, 0.6) is 0 Å². The summed E-state index contributed by atoms with van der Waals surface area (Å²) >= 11 is 0. The van der Waals surface area contributed by atoms with Crippen molar-refractivity contribution in [2.75, 3.05) is 42.0 Å². The highest BCUT2D eigenvalue weighted by Gasteiger charge is 2.56. The molecule has 21 heteroatoms. The Morgan fingerprint density at radius 1 is 0.767 bits per heavy atom. The standard InChI is InChI=1S/C52H83N5O16/c1-17-29(6)41(56(13)50(64)40(28(4)5)55-49(63)39(53-12)27(2)3)37(66-14)26-38(61)57-25-21-24-36(57)42(67-15)30(7)48(62)54-31(8)43(35-22-19-18-20-23-35)72-52-47(71-34(11)60)45(70-33(10)59)44(69-32(9)58)46(73-52)51(65)68-16/h18-20,22-23,27-31,36-37,39-47,52-53H,17,21,24-26H2,1-16H3,(H,54,62)(H,55,63)/t29-,30+,31+,36-,37+,39-,40-,41-,42+,43+,44?,45?,46?,47?,52?/m0/s1. The fraction of sp³-hybridized carbons (Fsp3) is 0.731. The number of hydrogen-bond donors (Lipinski definition) is 3. The first-order valence-electron chi connectivity index (χ1n) is 25.2. The lowest BCUT2D eigenvalue weighted by atomic mass is 9.89. The molecule has 2 fully saturated rings.